The summed E-state index contributed by atoms with van der Waals surface area (Å²) in [6.07, 6.45) is 10.2. The third-order valence-corrected chi connectivity index (χ3v) is 12.6. The Bertz CT molecular complexity index is 3000. The minimum atomic E-state index is -0.448. The summed E-state index contributed by atoms with van der Waals surface area (Å²) >= 11 is 0. The van der Waals surface area contributed by atoms with Crippen LogP contribution in [0.5, 0.6) is 0 Å². The lowest BCUT2D eigenvalue weighted by Crippen LogP contribution is -2.51. The molecule has 0 amide bonds. The van der Waals surface area contributed by atoms with Crippen LogP contribution in [0.25, 0.3) is 66.2 Å². The number of aromatic nitrogens is 2. The Morgan fingerprint density at radius 3 is 1.85 bits per heavy atom. The van der Waals surface area contributed by atoms with Crippen molar-refractivity contribution in [1.82, 2.24) is 9.13 Å². The van der Waals surface area contributed by atoms with Gasteiger partial charge < -0.3 is 9.13 Å². The Balaban J connectivity index is 1.14. The minimum Gasteiger partial charge on any atom is -0.328 e. The van der Waals surface area contributed by atoms with Gasteiger partial charge in [0.15, 0.2) is 0 Å². The third kappa shape index (κ3) is 3.53. The fourth-order valence-corrected chi connectivity index (χ4v) is 10.6. The van der Waals surface area contributed by atoms with E-state index >= 15 is 0 Å². The molecule has 0 N–H and O–H groups in total. The van der Waals surface area contributed by atoms with Gasteiger partial charge in [0.1, 0.15) is 0 Å². The van der Waals surface area contributed by atoms with Crippen LogP contribution in [-0.2, 0) is 11.0 Å². The van der Waals surface area contributed by atoms with Crippen LogP contribution in [0.4, 0.5) is 0 Å². The van der Waals surface area contributed by atoms with Crippen molar-refractivity contribution >= 4 is 38.3 Å². The van der Waals surface area contributed by atoms with Crippen molar-refractivity contribution in [1.29, 1.82) is 0 Å². The van der Waals surface area contributed by atoms with Crippen LogP contribution in [0.2, 0.25) is 0 Å². The Hall–Kier alpha value is -6.64. The van der Waals surface area contributed by atoms with Crippen molar-refractivity contribution in [2.24, 2.45) is 0 Å². The highest BCUT2D eigenvalue weighted by Crippen LogP contribution is 2.70. The molecule has 3 aliphatic rings. The van der Waals surface area contributed by atoms with Crippen molar-refractivity contribution in [2.75, 3.05) is 0 Å². The molecule has 2 heterocycles. The van der Waals surface area contributed by atoms with Crippen LogP contribution >= 0.6 is 0 Å². The topological polar surface area (TPSA) is 9.86 Å². The van der Waals surface area contributed by atoms with E-state index in [2.05, 4.69) is 203 Å². The molecule has 248 valence electrons. The minimum absolute atomic E-state index is 0.433. The number of allylic oxidation sites excluding steroid dienone is 4. The predicted octanol–water partition coefficient (Wildman–Crippen LogP) is 12.5. The standard InChI is InChI=1S/C51H34N2/c1-2-14-37(15-3-1)52-31-29-36-32-34(25-27-47(36)52)35-26-28-49-42(33-35)40-18-7-11-24-48(40)53(49)50-30-13-12-20-43(50)41-19-6-10-23-46(41)51(50)44-21-8-4-16-38(44)39-17-5-9-22-45(39)51/h1-29,31-33H,30H2. The monoisotopic (exact) mass is 674 g/mol. The highest BCUT2D eigenvalue weighted by atomic mass is 15.1. The molecule has 1 atom stereocenters. The first kappa shape index (κ1) is 29.0. The molecule has 3 aliphatic carbocycles. The molecule has 7 aromatic carbocycles. The quantitative estimate of drug-likeness (QED) is 0.177. The zero-order valence-electron chi connectivity index (χ0n) is 29.1. The van der Waals surface area contributed by atoms with E-state index in [1.807, 2.05) is 0 Å². The van der Waals surface area contributed by atoms with Crippen molar-refractivity contribution < 1.29 is 0 Å². The second-order valence-corrected chi connectivity index (χ2v) is 14.8. The van der Waals surface area contributed by atoms with Crippen molar-refractivity contribution in [2.45, 2.75) is 17.4 Å². The van der Waals surface area contributed by atoms with Gasteiger partial charge in [0, 0.05) is 33.6 Å². The highest BCUT2D eigenvalue weighted by Gasteiger charge is 2.66. The maximum atomic E-state index is 2.75. The first-order valence-corrected chi connectivity index (χ1v) is 18.7. The molecule has 0 fully saturated rings. The second-order valence-electron chi connectivity index (χ2n) is 14.8. The summed E-state index contributed by atoms with van der Waals surface area (Å²) in [5.74, 6) is 0. The van der Waals surface area contributed by atoms with E-state index in [9.17, 15) is 0 Å². The lowest BCUT2D eigenvalue weighted by atomic mass is 9.60. The molecule has 12 rings (SSSR count). The molecule has 1 unspecified atom stereocenters. The summed E-state index contributed by atoms with van der Waals surface area (Å²) in [5, 5.41) is 3.81. The summed E-state index contributed by atoms with van der Waals surface area (Å²) < 4.78 is 5.02. The molecule has 0 saturated carbocycles. The first-order valence-electron chi connectivity index (χ1n) is 18.7. The average molecular weight is 675 g/mol. The zero-order valence-corrected chi connectivity index (χ0v) is 29.1. The molecule has 2 heteroatoms. The van der Waals surface area contributed by atoms with E-state index in [-0.39, 0.29) is 0 Å². The lowest BCUT2D eigenvalue weighted by Gasteiger charge is -2.49. The van der Waals surface area contributed by atoms with Gasteiger partial charge in [-0.2, -0.15) is 0 Å². The maximum Gasteiger partial charge on any atom is 0.0921 e. The molecular weight excluding hydrogens is 641 g/mol. The Morgan fingerprint density at radius 2 is 1.08 bits per heavy atom. The van der Waals surface area contributed by atoms with Gasteiger partial charge in [0.2, 0.25) is 0 Å². The van der Waals surface area contributed by atoms with Crippen LogP contribution in [0, 0.1) is 0 Å². The number of hydrogen-bond acceptors (Lipinski definition) is 0. The van der Waals surface area contributed by atoms with E-state index in [1.165, 1.54) is 88.5 Å². The number of benzene rings is 7. The fourth-order valence-electron chi connectivity index (χ4n) is 10.6. The van der Waals surface area contributed by atoms with Crippen LogP contribution in [-0.4, -0.2) is 9.13 Å². The SMILES string of the molecule is C1=CCC2(n3c4ccccc4c4cc(-c5ccc6c(ccn6-c6ccccc6)c5)ccc43)C(=C1)c1ccccc1C21c2ccccc2-c2ccccc21. The van der Waals surface area contributed by atoms with Gasteiger partial charge in [-0.15, -0.1) is 0 Å². The van der Waals surface area contributed by atoms with Crippen LogP contribution in [0.1, 0.15) is 28.7 Å². The van der Waals surface area contributed by atoms with Crippen molar-refractivity contribution in [3.8, 4) is 27.9 Å². The van der Waals surface area contributed by atoms with E-state index in [0.717, 1.165) is 6.42 Å². The Morgan fingerprint density at radius 1 is 0.472 bits per heavy atom. The van der Waals surface area contributed by atoms with E-state index < -0.39 is 11.0 Å². The number of hydrogen-bond donors (Lipinski definition) is 0. The molecule has 2 nitrogen and oxygen atoms in total. The molecular formula is C51H34N2. The Kier molecular flexibility index (Phi) is 5.72. The largest absolute Gasteiger partial charge is 0.328 e. The van der Waals surface area contributed by atoms with Crippen molar-refractivity contribution in [3.63, 3.8) is 0 Å². The smallest absolute Gasteiger partial charge is 0.0921 e. The second kappa shape index (κ2) is 10.5. The molecule has 0 aliphatic heterocycles. The molecule has 0 radical (unpaired) electrons. The molecule has 9 aromatic rings. The van der Waals surface area contributed by atoms with Gasteiger partial charge >= 0.3 is 0 Å². The van der Waals surface area contributed by atoms with E-state index in [0.29, 0.717) is 0 Å². The van der Waals surface area contributed by atoms with Crippen molar-refractivity contribution in [3.05, 3.63) is 217 Å². The van der Waals surface area contributed by atoms with Gasteiger partial charge in [-0.25, -0.2) is 0 Å². The van der Waals surface area contributed by atoms with Crippen LogP contribution in [0.3, 0.4) is 0 Å². The van der Waals surface area contributed by atoms with Gasteiger partial charge in [-0.05, 0) is 105 Å². The molecule has 0 saturated heterocycles. The molecule has 2 aromatic heterocycles. The number of fused-ring (bicyclic) bond motifs is 14. The summed E-state index contributed by atoms with van der Waals surface area (Å²) in [6.45, 7) is 0. The third-order valence-electron chi connectivity index (χ3n) is 12.6. The summed E-state index contributed by atoms with van der Waals surface area (Å²) in [6, 6.07) is 63.6. The van der Waals surface area contributed by atoms with E-state index in [4.69, 9.17) is 0 Å². The van der Waals surface area contributed by atoms with Gasteiger partial charge in [0.25, 0.3) is 0 Å². The number of nitrogens with zero attached hydrogens (tertiary/aromatic N) is 2. The predicted molar refractivity (Wildman–Crippen MR) is 220 cm³/mol. The number of rotatable bonds is 3. The molecule has 1 spiro atoms. The summed E-state index contributed by atoms with van der Waals surface area (Å²) in [4.78, 5) is 0. The normalized spacial score (nSPS) is 17.6. The van der Waals surface area contributed by atoms with Crippen LogP contribution in [0.15, 0.2) is 194 Å². The highest BCUT2D eigenvalue weighted by molar-refractivity contribution is 6.11. The van der Waals surface area contributed by atoms with Gasteiger partial charge in [-0.3, -0.25) is 0 Å². The van der Waals surface area contributed by atoms with E-state index in [1.54, 1.807) is 0 Å². The molecule has 0 bridgehead atoms. The fraction of sp³-hybridized carbons (Fsp3) is 0.0588. The summed E-state index contributed by atoms with van der Waals surface area (Å²) in [7, 11) is 0. The molecule has 53 heavy (non-hydrogen) atoms. The summed E-state index contributed by atoms with van der Waals surface area (Å²) in [5.41, 5.74) is 16.1. The average Bonchev–Trinajstić information content (AvgIpc) is 3.96. The van der Waals surface area contributed by atoms with Gasteiger partial charge in [0.05, 0.1) is 22.0 Å². The zero-order chi connectivity index (χ0) is 34.7. The number of para-hydroxylation sites is 2. The van der Waals surface area contributed by atoms with Crippen LogP contribution < -0.4 is 0 Å². The Labute approximate surface area is 308 Å². The maximum absolute atomic E-state index is 2.75. The lowest BCUT2D eigenvalue weighted by molar-refractivity contribution is 0.306. The first-order chi connectivity index (χ1) is 26.3. The van der Waals surface area contributed by atoms with Gasteiger partial charge in [-0.1, -0.05) is 140 Å².